The van der Waals surface area contributed by atoms with E-state index in [0.717, 1.165) is 6.42 Å². The Bertz CT molecular complexity index is 463. The first kappa shape index (κ1) is 18.7. The number of rotatable bonds is 8. The number of hydrogen-bond donors (Lipinski definition) is 2. The molecule has 0 saturated carbocycles. The molecule has 1 rings (SSSR count). The topological polar surface area (TPSA) is 49.3 Å². The Hall–Kier alpha value is -1.35. The molecule has 0 saturated heterocycles. The zero-order valence-corrected chi connectivity index (χ0v) is 14.6. The predicted octanol–water partition coefficient (Wildman–Crippen LogP) is 3.79. The van der Waals surface area contributed by atoms with E-state index in [4.69, 9.17) is 0 Å². The van der Waals surface area contributed by atoms with E-state index in [-0.39, 0.29) is 23.3 Å². The van der Waals surface area contributed by atoms with Crippen LogP contribution >= 0.6 is 0 Å². The minimum absolute atomic E-state index is 0.0879. The second-order valence-electron chi connectivity index (χ2n) is 7.21. The van der Waals surface area contributed by atoms with Gasteiger partial charge in [-0.15, -0.1) is 0 Å². The molecule has 2 atom stereocenters. The molecule has 0 aliphatic carbocycles. The molecule has 1 aromatic carbocycles. The Morgan fingerprint density at radius 2 is 1.86 bits per heavy atom. The van der Waals surface area contributed by atoms with Crippen LogP contribution in [0.3, 0.4) is 0 Å². The Labute approximate surface area is 135 Å². The summed E-state index contributed by atoms with van der Waals surface area (Å²) in [7, 11) is 0. The molecule has 2 N–H and O–H groups in total. The van der Waals surface area contributed by atoms with Crippen LogP contribution in [0.25, 0.3) is 0 Å². The van der Waals surface area contributed by atoms with E-state index in [0.29, 0.717) is 19.4 Å². The first-order chi connectivity index (χ1) is 10.2. The minimum Gasteiger partial charge on any atom is -0.393 e. The van der Waals surface area contributed by atoms with Crippen LogP contribution in [0.5, 0.6) is 0 Å². The van der Waals surface area contributed by atoms with Gasteiger partial charge >= 0.3 is 0 Å². The molecular formula is C19H31NO2. The van der Waals surface area contributed by atoms with Crippen molar-refractivity contribution in [2.24, 2.45) is 5.41 Å². The lowest BCUT2D eigenvalue weighted by Crippen LogP contribution is -2.36. The summed E-state index contributed by atoms with van der Waals surface area (Å²) >= 11 is 0. The lowest BCUT2D eigenvalue weighted by atomic mass is 9.86. The van der Waals surface area contributed by atoms with Crippen LogP contribution in [0, 0.1) is 12.3 Å². The number of carbonyl (C=O) groups is 1. The molecule has 0 aliphatic rings. The Morgan fingerprint density at radius 3 is 2.36 bits per heavy atom. The summed E-state index contributed by atoms with van der Waals surface area (Å²) < 4.78 is 0. The van der Waals surface area contributed by atoms with Crippen molar-refractivity contribution in [1.29, 1.82) is 0 Å². The van der Waals surface area contributed by atoms with E-state index in [1.807, 2.05) is 0 Å². The number of aryl methyl sites for hydroxylation is 1. The van der Waals surface area contributed by atoms with Gasteiger partial charge in [0, 0.05) is 13.0 Å². The van der Waals surface area contributed by atoms with Gasteiger partial charge in [-0.25, -0.2) is 0 Å². The number of aliphatic hydroxyl groups is 1. The molecular weight excluding hydrogens is 274 g/mol. The number of benzene rings is 1. The summed E-state index contributed by atoms with van der Waals surface area (Å²) in [6.07, 6.45) is 1.81. The molecule has 1 amide bonds. The summed E-state index contributed by atoms with van der Waals surface area (Å²) in [5.41, 5.74) is 2.38. The van der Waals surface area contributed by atoms with E-state index >= 15 is 0 Å². The van der Waals surface area contributed by atoms with Crippen LogP contribution in [-0.2, 0) is 4.79 Å². The van der Waals surface area contributed by atoms with Crippen molar-refractivity contribution < 1.29 is 9.90 Å². The average molecular weight is 305 g/mol. The van der Waals surface area contributed by atoms with Crippen LogP contribution in [0.15, 0.2) is 24.3 Å². The van der Waals surface area contributed by atoms with Crippen molar-refractivity contribution in [3.63, 3.8) is 0 Å². The van der Waals surface area contributed by atoms with Gasteiger partial charge in [-0.05, 0) is 43.6 Å². The molecule has 3 heteroatoms. The quantitative estimate of drug-likeness (QED) is 0.767. The van der Waals surface area contributed by atoms with Crippen molar-refractivity contribution in [2.45, 2.75) is 65.9 Å². The van der Waals surface area contributed by atoms with E-state index in [1.165, 1.54) is 11.1 Å². The normalized spacial score (nSPS) is 14.5. The van der Waals surface area contributed by atoms with E-state index in [1.54, 1.807) is 6.92 Å². The van der Waals surface area contributed by atoms with Gasteiger partial charge < -0.3 is 10.4 Å². The van der Waals surface area contributed by atoms with E-state index < -0.39 is 0 Å². The van der Waals surface area contributed by atoms with Crippen LogP contribution < -0.4 is 5.32 Å². The lowest BCUT2D eigenvalue weighted by molar-refractivity contribution is -0.122. The molecule has 3 nitrogen and oxygen atoms in total. The van der Waals surface area contributed by atoms with Gasteiger partial charge in [0.15, 0.2) is 0 Å². The first-order valence-electron chi connectivity index (χ1n) is 8.25. The maximum atomic E-state index is 12.2. The molecule has 0 radical (unpaired) electrons. The second kappa shape index (κ2) is 8.33. The summed E-state index contributed by atoms with van der Waals surface area (Å²) in [5, 5.41) is 12.5. The maximum absolute atomic E-state index is 12.2. The molecule has 0 aliphatic heterocycles. The fraction of sp³-hybridized carbons (Fsp3) is 0.632. The zero-order chi connectivity index (χ0) is 16.8. The molecule has 1 aromatic rings. The molecule has 2 unspecified atom stereocenters. The number of hydrogen-bond acceptors (Lipinski definition) is 2. The molecule has 0 bridgehead atoms. The number of carbonyl (C=O) groups excluding carboxylic acids is 1. The van der Waals surface area contributed by atoms with Crippen molar-refractivity contribution in [3.8, 4) is 0 Å². The number of nitrogens with one attached hydrogen (secondary N) is 1. The summed E-state index contributed by atoms with van der Waals surface area (Å²) in [4.78, 5) is 12.2. The third-order valence-electron chi connectivity index (χ3n) is 4.09. The summed E-state index contributed by atoms with van der Waals surface area (Å²) in [5.74, 6) is 0.353. The van der Waals surface area contributed by atoms with Crippen LogP contribution in [0.1, 0.15) is 64.0 Å². The van der Waals surface area contributed by atoms with Crippen LogP contribution in [0.2, 0.25) is 0 Å². The highest BCUT2D eigenvalue weighted by molar-refractivity contribution is 5.76. The SMILES string of the molecule is CCC(CC(=O)NCC(C)(C)CC(C)O)c1ccc(C)cc1. The smallest absolute Gasteiger partial charge is 0.220 e. The Kier molecular flexibility index (Phi) is 7.08. The van der Waals surface area contributed by atoms with E-state index in [2.05, 4.69) is 57.3 Å². The third kappa shape index (κ3) is 6.61. The van der Waals surface area contributed by atoms with Gasteiger partial charge in [0.05, 0.1) is 6.10 Å². The molecule has 0 aromatic heterocycles. The van der Waals surface area contributed by atoms with Gasteiger partial charge in [0.2, 0.25) is 5.91 Å². The van der Waals surface area contributed by atoms with Crippen molar-refractivity contribution >= 4 is 5.91 Å². The maximum Gasteiger partial charge on any atom is 0.220 e. The van der Waals surface area contributed by atoms with Gasteiger partial charge in [-0.3, -0.25) is 4.79 Å². The fourth-order valence-electron chi connectivity index (χ4n) is 2.84. The van der Waals surface area contributed by atoms with Crippen LogP contribution in [0.4, 0.5) is 0 Å². The van der Waals surface area contributed by atoms with Crippen LogP contribution in [-0.4, -0.2) is 23.7 Å². The lowest BCUT2D eigenvalue weighted by Gasteiger charge is -2.27. The highest BCUT2D eigenvalue weighted by Gasteiger charge is 2.22. The summed E-state index contributed by atoms with van der Waals surface area (Å²) in [6.45, 7) is 10.7. The van der Waals surface area contributed by atoms with Gasteiger partial charge in [-0.1, -0.05) is 50.6 Å². The average Bonchev–Trinajstić information content (AvgIpc) is 2.42. The zero-order valence-electron chi connectivity index (χ0n) is 14.6. The van der Waals surface area contributed by atoms with Gasteiger partial charge in [0.1, 0.15) is 0 Å². The standard InChI is InChI=1S/C19H31NO2/c1-6-16(17-9-7-14(2)8-10-17)11-18(22)20-13-19(4,5)12-15(3)21/h7-10,15-16,21H,6,11-13H2,1-5H3,(H,20,22). The van der Waals surface area contributed by atoms with Crippen molar-refractivity contribution in [1.82, 2.24) is 5.32 Å². The van der Waals surface area contributed by atoms with Gasteiger partial charge in [-0.2, -0.15) is 0 Å². The summed E-state index contributed by atoms with van der Waals surface area (Å²) in [6, 6.07) is 8.44. The molecule has 0 fully saturated rings. The Balaban J connectivity index is 2.53. The van der Waals surface area contributed by atoms with Crippen molar-refractivity contribution in [2.75, 3.05) is 6.54 Å². The highest BCUT2D eigenvalue weighted by atomic mass is 16.3. The fourth-order valence-corrected chi connectivity index (χ4v) is 2.84. The third-order valence-corrected chi connectivity index (χ3v) is 4.09. The second-order valence-corrected chi connectivity index (χ2v) is 7.21. The van der Waals surface area contributed by atoms with Crippen molar-refractivity contribution in [3.05, 3.63) is 35.4 Å². The van der Waals surface area contributed by atoms with E-state index in [9.17, 15) is 9.90 Å². The molecule has 0 spiro atoms. The minimum atomic E-state index is -0.345. The monoisotopic (exact) mass is 305 g/mol. The number of aliphatic hydroxyl groups excluding tert-OH is 1. The Morgan fingerprint density at radius 1 is 1.27 bits per heavy atom. The molecule has 0 heterocycles. The molecule has 22 heavy (non-hydrogen) atoms. The largest absolute Gasteiger partial charge is 0.393 e. The molecule has 124 valence electrons. The first-order valence-corrected chi connectivity index (χ1v) is 8.25. The number of amides is 1. The van der Waals surface area contributed by atoms with Gasteiger partial charge in [0.25, 0.3) is 0 Å². The predicted molar refractivity (Wildman–Crippen MR) is 91.9 cm³/mol. The highest BCUT2D eigenvalue weighted by Crippen LogP contribution is 2.24.